The van der Waals surface area contributed by atoms with Crippen LogP contribution < -0.4 is 5.32 Å². The van der Waals surface area contributed by atoms with Crippen molar-refractivity contribution in [2.24, 2.45) is 0 Å². The molecule has 0 bridgehead atoms. The number of aryl methyl sites for hydroxylation is 1. The van der Waals surface area contributed by atoms with Gasteiger partial charge in [0, 0.05) is 6.54 Å². The lowest BCUT2D eigenvalue weighted by atomic mass is 10.1. The van der Waals surface area contributed by atoms with Crippen LogP contribution in [0.25, 0.3) is 0 Å². The van der Waals surface area contributed by atoms with Gasteiger partial charge in [-0.3, -0.25) is 0 Å². The van der Waals surface area contributed by atoms with Crippen LogP contribution in [0.1, 0.15) is 35.7 Å². The number of halogens is 1. The predicted octanol–water partition coefficient (Wildman–Crippen LogP) is 3.56. The van der Waals surface area contributed by atoms with Crippen LogP contribution in [0.3, 0.4) is 0 Å². The molecular weight excluding hydrogens is 226 g/mol. The van der Waals surface area contributed by atoms with E-state index in [1.807, 2.05) is 0 Å². The number of unbranched alkanes of at least 4 members (excludes halogenated alkanes) is 1. The van der Waals surface area contributed by atoms with Crippen LogP contribution in [0, 0.1) is 6.92 Å². The van der Waals surface area contributed by atoms with Gasteiger partial charge in [0.2, 0.25) is 0 Å². The number of rotatable bonds is 5. The van der Waals surface area contributed by atoms with Crippen LogP contribution in [-0.4, -0.2) is 17.6 Å². The molecule has 0 fully saturated rings. The summed E-state index contributed by atoms with van der Waals surface area (Å²) in [6.45, 7) is 4.71. The quantitative estimate of drug-likeness (QED) is 0.775. The zero-order valence-corrected chi connectivity index (χ0v) is 10.3. The van der Waals surface area contributed by atoms with E-state index in [0.29, 0.717) is 10.7 Å². The number of hydrogen-bond donors (Lipinski definition) is 2. The summed E-state index contributed by atoms with van der Waals surface area (Å²) in [6.07, 6.45) is 2.12. The second-order valence-corrected chi connectivity index (χ2v) is 4.12. The molecule has 4 heteroatoms. The SMILES string of the molecule is CCCCNc1cc(C(=O)O)cc(C)c1Cl. The highest BCUT2D eigenvalue weighted by Gasteiger charge is 2.10. The molecule has 0 amide bonds. The van der Waals surface area contributed by atoms with Gasteiger partial charge in [0.05, 0.1) is 16.3 Å². The molecule has 0 spiro atoms. The molecule has 0 aliphatic heterocycles. The number of anilines is 1. The second-order valence-electron chi connectivity index (χ2n) is 3.74. The van der Waals surface area contributed by atoms with Crippen molar-refractivity contribution in [1.29, 1.82) is 0 Å². The van der Waals surface area contributed by atoms with Crippen molar-refractivity contribution in [3.8, 4) is 0 Å². The largest absolute Gasteiger partial charge is 0.478 e. The highest BCUT2D eigenvalue weighted by atomic mass is 35.5. The van der Waals surface area contributed by atoms with Gasteiger partial charge in [-0.25, -0.2) is 4.79 Å². The van der Waals surface area contributed by atoms with Crippen molar-refractivity contribution in [3.63, 3.8) is 0 Å². The van der Waals surface area contributed by atoms with Crippen LogP contribution in [0.4, 0.5) is 5.69 Å². The lowest BCUT2D eigenvalue weighted by Crippen LogP contribution is -2.05. The first-order valence-corrected chi connectivity index (χ1v) is 5.71. The number of carboxylic acids is 1. The molecule has 0 aromatic heterocycles. The molecule has 0 atom stereocenters. The molecule has 2 N–H and O–H groups in total. The van der Waals surface area contributed by atoms with Crippen LogP contribution in [0.2, 0.25) is 5.02 Å². The summed E-state index contributed by atoms with van der Waals surface area (Å²) in [6, 6.07) is 3.16. The summed E-state index contributed by atoms with van der Waals surface area (Å²) in [5.41, 5.74) is 1.74. The van der Waals surface area contributed by atoms with Crippen molar-refractivity contribution in [3.05, 3.63) is 28.3 Å². The minimum atomic E-state index is -0.932. The fourth-order valence-corrected chi connectivity index (χ4v) is 1.60. The third-order valence-corrected chi connectivity index (χ3v) is 2.85. The maximum atomic E-state index is 10.9. The maximum Gasteiger partial charge on any atom is 0.335 e. The van der Waals surface area contributed by atoms with Crippen LogP contribution in [0.5, 0.6) is 0 Å². The first kappa shape index (κ1) is 12.8. The Labute approximate surface area is 100 Å². The molecule has 3 nitrogen and oxygen atoms in total. The Hall–Kier alpha value is -1.22. The number of hydrogen-bond acceptors (Lipinski definition) is 2. The van der Waals surface area contributed by atoms with Crippen molar-refractivity contribution in [1.82, 2.24) is 0 Å². The molecule has 0 aliphatic rings. The molecule has 88 valence electrons. The van der Waals surface area contributed by atoms with E-state index in [0.717, 1.165) is 24.9 Å². The average Bonchev–Trinajstić information content (AvgIpc) is 2.24. The van der Waals surface area contributed by atoms with Gasteiger partial charge in [-0.15, -0.1) is 0 Å². The van der Waals surface area contributed by atoms with Crippen molar-refractivity contribution >= 4 is 23.3 Å². The molecule has 0 saturated carbocycles. The molecule has 1 aromatic rings. The van der Waals surface area contributed by atoms with Gasteiger partial charge in [-0.05, 0) is 31.0 Å². The van der Waals surface area contributed by atoms with Crippen molar-refractivity contribution in [2.45, 2.75) is 26.7 Å². The molecule has 0 aliphatic carbocycles. The fraction of sp³-hybridized carbons (Fsp3) is 0.417. The third kappa shape index (κ3) is 3.14. The van der Waals surface area contributed by atoms with Gasteiger partial charge in [0.15, 0.2) is 0 Å². The van der Waals surface area contributed by atoms with Gasteiger partial charge in [0.1, 0.15) is 0 Å². The van der Waals surface area contributed by atoms with Gasteiger partial charge in [-0.2, -0.15) is 0 Å². The molecule has 1 rings (SSSR count). The van der Waals surface area contributed by atoms with Gasteiger partial charge in [-0.1, -0.05) is 24.9 Å². The minimum Gasteiger partial charge on any atom is -0.478 e. The average molecular weight is 242 g/mol. The van der Waals surface area contributed by atoms with E-state index in [4.69, 9.17) is 16.7 Å². The van der Waals surface area contributed by atoms with E-state index in [-0.39, 0.29) is 5.56 Å². The summed E-state index contributed by atoms with van der Waals surface area (Å²) in [5.74, 6) is -0.932. The molecule has 0 radical (unpaired) electrons. The lowest BCUT2D eigenvalue weighted by Gasteiger charge is -2.11. The molecule has 0 heterocycles. The maximum absolute atomic E-state index is 10.9. The monoisotopic (exact) mass is 241 g/mol. The highest BCUT2D eigenvalue weighted by Crippen LogP contribution is 2.27. The van der Waals surface area contributed by atoms with Gasteiger partial charge < -0.3 is 10.4 Å². The Morgan fingerprint density at radius 3 is 2.75 bits per heavy atom. The smallest absolute Gasteiger partial charge is 0.335 e. The lowest BCUT2D eigenvalue weighted by molar-refractivity contribution is 0.0697. The van der Waals surface area contributed by atoms with Crippen LogP contribution in [0.15, 0.2) is 12.1 Å². The zero-order valence-electron chi connectivity index (χ0n) is 9.51. The standard InChI is InChI=1S/C12H16ClNO2/c1-3-4-5-14-10-7-9(12(15)16)6-8(2)11(10)13/h6-7,14H,3-5H2,1-2H3,(H,15,16). The van der Waals surface area contributed by atoms with E-state index in [9.17, 15) is 4.79 Å². The van der Waals surface area contributed by atoms with Crippen molar-refractivity contribution in [2.75, 3.05) is 11.9 Å². The molecular formula is C12H16ClNO2. The van der Waals surface area contributed by atoms with E-state index < -0.39 is 5.97 Å². The van der Waals surface area contributed by atoms with E-state index >= 15 is 0 Å². The van der Waals surface area contributed by atoms with Crippen molar-refractivity contribution < 1.29 is 9.90 Å². The Kier molecular flexibility index (Phi) is 4.62. The third-order valence-electron chi connectivity index (χ3n) is 2.35. The minimum absolute atomic E-state index is 0.265. The molecule has 0 unspecified atom stereocenters. The van der Waals surface area contributed by atoms with Crippen LogP contribution in [-0.2, 0) is 0 Å². The molecule has 0 saturated heterocycles. The predicted molar refractivity (Wildman–Crippen MR) is 66.5 cm³/mol. The number of benzene rings is 1. The van der Waals surface area contributed by atoms with Gasteiger partial charge >= 0.3 is 5.97 Å². The molecule has 1 aromatic carbocycles. The summed E-state index contributed by atoms with van der Waals surface area (Å²) in [5, 5.41) is 12.7. The van der Waals surface area contributed by atoms with E-state index in [2.05, 4.69) is 12.2 Å². The second kappa shape index (κ2) is 5.75. The normalized spacial score (nSPS) is 10.2. The summed E-state index contributed by atoms with van der Waals surface area (Å²) < 4.78 is 0. The number of carboxylic acid groups (broad SMARTS) is 1. The van der Waals surface area contributed by atoms with Crippen LogP contribution >= 0.6 is 11.6 Å². The number of aromatic carboxylic acids is 1. The Morgan fingerprint density at radius 2 is 2.19 bits per heavy atom. The first-order valence-electron chi connectivity index (χ1n) is 5.33. The fourth-order valence-electron chi connectivity index (χ4n) is 1.42. The first-order chi connectivity index (χ1) is 7.56. The van der Waals surface area contributed by atoms with E-state index in [1.54, 1.807) is 19.1 Å². The zero-order chi connectivity index (χ0) is 12.1. The summed E-state index contributed by atoms with van der Waals surface area (Å²) in [7, 11) is 0. The summed E-state index contributed by atoms with van der Waals surface area (Å²) >= 11 is 6.09. The number of nitrogens with one attached hydrogen (secondary N) is 1. The molecule has 16 heavy (non-hydrogen) atoms. The summed E-state index contributed by atoms with van der Waals surface area (Å²) in [4.78, 5) is 10.9. The number of carbonyl (C=O) groups is 1. The van der Waals surface area contributed by atoms with E-state index in [1.165, 1.54) is 0 Å². The Morgan fingerprint density at radius 1 is 1.50 bits per heavy atom. The Balaban J connectivity index is 2.93. The Bertz CT molecular complexity index is 391. The topological polar surface area (TPSA) is 49.3 Å². The van der Waals surface area contributed by atoms with Gasteiger partial charge in [0.25, 0.3) is 0 Å². The highest BCUT2D eigenvalue weighted by molar-refractivity contribution is 6.34.